The maximum absolute atomic E-state index is 14.4. The van der Waals surface area contributed by atoms with E-state index in [1.165, 1.54) is 16.1 Å². The molecule has 0 bridgehead atoms. The summed E-state index contributed by atoms with van der Waals surface area (Å²) < 4.78 is 56.9. The second-order valence-corrected chi connectivity index (χ2v) is 23.5. The van der Waals surface area contributed by atoms with Crippen molar-refractivity contribution in [2.45, 2.75) is 88.9 Å². The zero-order valence-electron chi connectivity index (χ0n) is 38.4. The first-order chi connectivity index (χ1) is 33.6. The van der Waals surface area contributed by atoms with Crippen LogP contribution in [-0.4, -0.2) is 152 Å². The van der Waals surface area contributed by atoms with Crippen LogP contribution in [-0.2, 0) is 37.4 Å². The normalized spacial score (nSPS) is 20.7. The number of nitrogens with one attached hydrogen (secondary N) is 5. The molecular weight excluding hydrogens is 1070 g/mol. The maximum atomic E-state index is 14.4. The number of alkyl halides is 3. The number of pyridine rings is 1. The van der Waals surface area contributed by atoms with Crippen molar-refractivity contribution in [2.75, 3.05) is 61.0 Å². The van der Waals surface area contributed by atoms with E-state index in [9.17, 15) is 46.3 Å². The third kappa shape index (κ3) is 14.2. The molecule has 375 valence electrons. The van der Waals surface area contributed by atoms with E-state index in [2.05, 4.69) is 46.5 Å². The topological polar surface area (TPSA) is 231 Å². The molecule has 4 fully saturated rings. The number of nitriles is 1. The van der Waals surface area contributed by atoms with Crippen LogP contribution in [0.15, 0.2) is 54.7 Å². The van der Waals surface area contributed by atoms with Gasteiger partial charge in [-0.2, -0.15) is 5.26 Å². The summed E-state index contributed by atoms with van der Waals surface area (Å²) in [6.45, 7) is 2.81. The predicted molar refractivity (Wildman–Crippen MR) is 250 cm³/mol. The second-order valence-electron chi connectivity index (χ2n) is 17.4. The van der Waals surface area contributed by atoms with Crippen molar-refractivity contribution in [1.29, 1.82) is 5.26 Å². The molecule has 3 atom stereocenters. The van der Waals surface area contributed by atoms with Gasteiger partial charge in [0.2, 0.25) is 17.7 Å². The third-order valence-electron chi connectivity index (χ3n) is 12.1. The quantitative estimate of drug-likeness (QED) is 0.0269. The Hall–Kier alpha value is -5.22. The number of nitrogens with zero attached hydrogens (tertiary/aromatic N) is 6. The van der Waals surface area contributed by atoms with Crippen molar-refractivity contribution < 1.29 is 68.4 Å². The van der Waals surface area contributed by atoms with Crippen molar-refractivity contribution in [3.05, 3.63) is 65.9 Å². The van der Waals surface area contributed by atoms with Crippen molar-refractivity contribution in [3.63, 3.8) is 0 Å². The van der Waals surface area contributed by atoms with Gasteiger partial charge < -0.3 is 20.9 Å². The number of anilines is 2. The summed E-state index contributed by atoms with van der Waals surface area (Å²) in [6, 6.07) is 13.9. The van der Waals surface area contributed by atoms with Crippen LogP contribution in [0.5, 0.6) is 0 Å². The van der Waals surface area contributed by atoms with E-state index < -0.39 is 90.8 Å². The van der Waals surface area contributed by atoms with Crippen molar-refractivity contribution >= 4 is 90.3 Å². The number of aromatic nitrogens is 1. The number of likely N-dealkylation sites (tertiary alicyclic amines) is 1. The van der Waals surface area contributed by atoms with Gasteiger partial charge in [0.15, 0.2) is 0 Å². The fraction of sp³-hybridized carbons (Fsp3) is 0.489. The summed E-state index contributed by atoms with van der Waals surface area (Å²) in [5, 5.41) is 24.8. The van der Waals surface area contributed by atoms with E-state index in [0.29, 0.717) is 41.1 Å². The molecule has 4 heterocycles. The van der Waals surface area contributed by atoms with Gasteiger partial charge in [-0.05, 0) is 18.6 Å². The average Bonchev–Trinajstić information content (AvgIpc) is 3.97. The van der Waals surface area contributed by atoms with E-state index in [0.717, 1.165) is 48.4 Å². The van der Waals surface area contributed by atoms with Gasteiger partial charge >= 0.3 is 219 Å². The van der Waals surface area contributed by atoms with Gasteiger partial charge in [-0.25, -0.2) is 8.78 Å². The van der Waals surface area contributed by atoms with Crippen LogP contribution < -0.4 is 47.1 Å². The number of benzene rings is 2. The summed E-state index contributed by atoms with van der Waals surface area (Å²) in [6.07, 6.45) is 4.50. The van der Waals surface area contributed by atoms with Gasteiger partial charge in [-0.3, -0.25) is 24.2 Å². The molecule has 3 saturated heterocycles. The first-order valence-corrected chi connectivity index (χ1v) is 28.2. The Bertz CT molecular complexity index is 2500. The van der Waals surface area contributed by atoms with Crippen LogP contribution in [0.2, 0.25) is 0 Å². The molecule has 7 rings (SSSR count). The Morgan fingerprint density at radius 2 is 1.73 bits per heavy atom. The Kier molecular flexibility index (Phi) is 18.2. The molecule has 5 N–H and O–H groups in total. The number of halogens is 4. The molecule has 4 aliphatic rings. The number of thiocarbonyl (C=S) groups is 1. The number of para-hydroxylation sites is 1. The van der Waals surface area contributed by atoms with Gasteiger partial charge in [0.1, 0.15) is 6.04 Å². The molecular formula is C45H54AlF3IN11O8S-. The Balaban J connectivity index is 0.874. The Labute approximate surface area is 421 Å². The molecule has 0 spiro atoms. The van der Waals surface area contributed by atoms with Crippen LogP contribution in [0, 0.1) is 11.3 Å². The van der Waals surface area contributed by atoms with Gasteiger partial charge in [0.05, 0.1) is 35.9 Å². The zero-order chi connectivity index (χ0) is 50.0. The zero-order valence-corrected chi connectivity index (χ0v) is 42.5. The van der Waals surface area contributed by atoms with Crippen LogP contribution in [0.4, 0.5) is 23.7 Å². The first kappa shape index (κ1) is 52.6. The molecule has 1 aliphatic carbocycles. The van der Waals surface area contributed by atoms with Gasteiger partial charge in [0, 0.05) is 30.8 Å². The Morgan fingerprint density at radius 3 is 2.44 bits per heavy atom. The van der Waals surface area contributed by atoms with E-state index >= 15 is 0 Å². The predicted octanol–water partition coefficient (Wildman–Crippen LogP) is 0.153. The summed E-state index contributed by atoms with van der Waals surface area (Å²) in [5.41, 5.74) is 2.39. The number of hydrogen-bond donors (Lipinski definition) is 5. The van der Waals surface area contributed by atoms with Crippen LogP contribution in [0.3, 0.4) is 0 Å². The number of carbonyl (C=O) groups excluding carboxylic acids is 6. The van der Waals surface area contributed by atoms with Gasteiger partial charge in [-0.15, -0.1) is 0 Å². The minimum absolute atomic E-state index is 0.0669. The second kappa shape index (κ2) is 24.3. The molecule has 1 aromatic heterocycles. The van der Waals surface area contributed by atoms with Crippen LogP contribution in [0.1, 0.15) is 74.2 Å². The first-order valence-electron chi connectivity index (χ1n) is 23.0. The van der Waals surface area contributed by atoms with E-state index in [1.54, 1.807) is 24.3 Å². The van der Waals surface area contributed by atoms with Crippen LogP contribution in [0.25, 0.3) is 10.9 Å². The molecule has 2 unspecified atom stereocenters. The van der Waals surface area contributed by atoms with Gasteiger partial charge in [-0.1, -0.05) is 25.0 Å². The summed E-state index contributed by atoms with van der Waals surface area (Å²) >= 11 is 0.163. The van der Waals surface area contributed by atoms with E-state index in [-0.39, 0.29) is 66.7 Å². The molecule has 1 saturated carbocycles. The van der Waals surface area contributed by atoms with E-state index in [1.807, 2.05) is 24.3 Å². The summed E-state index contributed by atoms with van der Waals surface area (Å²) in [7, 11) is 0. The molecule has 4 amide bonds. The Morgan fingerprint density at radius 1 is 0.986 bits per heavy atom. The van der Waals surface area contributed by atoms with Crippen molar-refractivity contribution in [2.24, 2.45) is 0 Å². The summed E-state index contributed by atoms with van der Waals surface area (Å²) in [4.78, 5) is 83.3. The SMILES string of the molecule is CCCN1CC(=O)O[I-]1CN(CC[N]1CC(=O)[O][Al]1[F])Cc1ccc(NC(=S)NC2CCCCC2NC(=O)CCC(=O)Nc2cccc3c(C(=O)NCC(=O)N4CC(F)(F)C[C@H]4C#N)ccnc23)cc1. The number of amides is 4. The molecule has 2 aromatic carbocycles. The monoisotopic (exact) mass is 1120 g/mol. The molecule has 1 radical (unpaired) electrons. The summed E-state index contributed by atoms with van der Waals surface area (Å²) in [5.74, 6) is -6.25. The third-order valence-corrected chi connectivity index (χ3v) is 18.7. The molecule has 25 heteroatoms. The van der Waals surface area contributed by atoms with E-state index in [4.69, 9.17) is 19.1 Å². The van der Waals surface area contributed by atoms with Crippen LogP contribution >= 0.6 is 12.2 Å². The molecule has 70 heavy (non-hydrogen) atoms. The van der Waals surface area contributed by atoms with Crippen molar-refractivity contribution in [3.8, 4) is 6.07 Å². The number of fused-ring (bicyclic) bond motifs is 1. The minimum atomic E-state index is -3.24. The molecule has 3 aromatic rings. The average molecular weight is 1120 g/mol. The number of hydrogen-bond acceptors (Lipinski definition) is 14. The molecule has 3 aliphatic heterocycles. The van der Waals surface area contributed by atoms with Gasteiger partial charge in [0.25, 0.3) is 11.8 Å². The number of rotatable bonds is 19. The number of carbonyl (C=O) groups is 6. The fourth-order valence-electron chi connectivity index (χ4n) is 8.63. The fourth-order valence-corrected chi connectivity index (χ4v) is 14.6. The standard InChI is InChI=1S/C45H55F2IN11O8S.Al.FH/c1-2-19-58-26-41(65)67-48(58)28-57(20-18-50-24-40(63)64)25-29-10-12-30(13-11-29)53-44(68)56-35-8-4-3-7-34(35)54-37(60)14-15-38(61)55-36-9-5-6-32-33(16-17-51-42(32)36)43(66)52-23-39(62)59-27-45(46,47)21-31(59)22-49;;/h5-6,9-13,16-17,31,34-35H,2-4,7-8,14-15,18-21,23-28H2,1H3,(H,52,66)(H,54,60)(H,55,61)(H,63,64)(H2,53,56,68);;1H/q-2;+3;/p-2/t31-,34?,35?;;/m0../s1. The molecule has 19 nitrogen and oxygen atoms in total. The van der Waals surface area contributed by atoms with Crippen molar-refractivity contribution in [1.82, 2.24) is 37.7 Å².